The highest BCUT2D eigenvalue weighted by atomic mass is 32.2. The standard InChI is InChI=1S/C22H27N3O3S/c1-29(27,28)25-14-10-17(11-15-25)24-22(26)21-7-6-18(16-8-12-23-13-9-16)19-4-2-3-5-20(19)21/h2-8,17,23H,9-15H2,1H3,(H,24,26). The second kappa shape index (κ2) is 8.26. The summed E-state index contributed by atoms with van der Waals surface area (Å²) in [6.45, 7) is 2.74. The van der Waals surface area contributed by atoms with Crippen LogP contribution in [0, 0.1) is 0 Å². The van der Waals surface area contributed by atoms with Crippen LogP contribution < -0.4 is 10.6 Å². The van der Waals surface area contributed by atoms with Gasteiger partial charge in [0.1, 0.15) is 0 Å². The molecule has 154 valence electrons. The van der Waals surface area contributed by atoms with Crippen LogP contribution >= 0.6 is 0 Å². The lowest BCUT2D eigenvalue weighted by Gasteiger charge is -2.30. The van der Waals surface area contributed by atoms with Gasteiger partial charge in [-0.1, -0.05) is 36.4 Å². The number of benzene rings is 2. The number of carbonyl (C=O) groups excluding carboxylic acids is 1. The summed E-state index contributed by atoms with van der Waals surface area (Å²) in [5, 5.41) is 8.50. The monoisotopic (exact) mass is 413 g/mol. The van der Waals surface area contributed by atoms with E-state index >= 15 is 0 Å². The van der Waals surface area contributed by atoms with Gasteiger partial charge in [-0.15, -0.1) is 0 Å². The molecule has 2 aromatic carbocycles. The quantitative estimate of drug-likeness (QED) is 0.807. The second-order valence-corrected chi connectivity index (χ2v) is 9.78. The number of sulfonamides is 1. The second-order valence-electron chi connectivity index (χ2n) is 7.80. The maximum Gasteiger partial charge on any atom is 0.252 e. The fourth-order valence-corrected chi connectivity index (χ4v) is 5.11. The highest BCUT2D eigenvalue weighted by molar-refractivity contribution is 7.88. The van der Waals surface area contributed by atoms with E-state index in [0.717, 1.165) is 30.3 Å². The van der Waals surface area contributed by atoms with Crippen molar-refractivity contribution in [2.75, 3.05) is 32.4 Å². The van der Waals surface area contributed by atoms with E-state index < -0.39 is 10.0 Å². The minimum Gasteiger partial charge on any atom is -0.349 e. The van der Waals surface area contributed by atoms with Crippen molar-refractivity contribution in [3.63, 3.8) is 0 Å². The Bertz CT molecular complexity index is 1050. The van der Waals surface area contributed by atoms with Crippen LogP contribution in [-0.2, 0) is 10.0 Å². The molecule has 0 aliphatic carbocycles. The number of hydrogen-bond acceptors (Lipinski definition) is 4. The van der Waals surface area contributed by atoms with Crippen molar-refractivity contribution in [1.82, 2.24) is 14.9 Å². The predicted molar refractivity (Wildman–Crippen MR) is 116 cm³/mol. The molecule has 0 bridgehead atoms. The molecule has 2 heterocycles. The van der Waals surface area contributed by atoms with Crippen LogP contribution in [0.2, 0.25) is 0 Å². The van der Waals surface area contributed by atoms with Gasteiger partial charge in [0.15, 0.2) is 0 Å². The van der Waals surface area contributed by atoms with Crippen LogP contribution in [-0.4, -0.2) is 57.1 Å². The lowest BCUT2D eigenvalue weighted by Crippen LogP contribution is -2.46. The molecule has 4 rings (SSSR count). The number of hydrogen-bond donors (Lipinski definition) is 2. The number of nitrogens with zero attached hydrogens (tertiary/aromatic N) is 1. The minimum absolute atomic E-state index is 0.00827. The zero-order chi connectivity index (χ0) is 20.4. The van der Waals surface area contributed by atoms with Gasteiger partial charge in [0.05, 0.1) is 6.26 Å². The summed E-state index contributed by atoms with van der Waals surface area (Å²) in [6.07, 6.45) is 5.70. The Labute approximate surface area is 172 Å². The van der Waals surface area contributed by atoms with Gasteiger partial charge in [-0.3, -0.25) is 4.79 Å². The van der Waals surface area contributed by atoms with Gasteiger partial charge in [-0.2, -0.15) is 0 Å². The Morgan fingerprint density at radius 2 is 1.83 bits per heavy atom. The summed E-state index contributed by atoms with van der Waals surface area (Å²) >= 11 is 0. The Morgan fingerprint density at radius 1 is 1.10 bits per heavy atom. The van der Waals surface area contributed by atoms with Gasteiger partial charge >= 0.3 is 0 Å². The van der Waals surface area contributed by atoms with Crippen LogP contribution in [0.3, 0.4) is 0 Å². The van der Waals surface area contributed by atoms with Crippen LogP contribution in [0.5, 0.6) is 0 Å². The van der Waals surface area contributed by atoms with Crippen molar-refractivity contribution < 1.29 is 13.2 Å². The Hall–Kier alpha value is -2.22. The van der Waals surface area contributed by atoms with E-state index in [-0.39, 0.29) is 11.9 Å². The third kappa shape index (κ3) is 4.37. The molecule has 1 fully saturated rings. The van der Waals surface area contributed by atoms with E-state index in [0.29, 0.717) is 31.5 Å². The zero-order valence-corrected chi connectivity index (χ0v) is 17.5. The number of fused-ring (bicyclic) bond motifs is 1. The molecule has 2 aliphatic rings. The summed E-state index contributed by atoms with van der Waals surface area (Å²) in [4.78, 5) is 13.0. The smallest absolute Gasteiger partial charge is 0.252 e. The van der Waals surface area contributed by atoms with E-state index in [4.69, 9.17) is 0 Å². The largest absolute Gasteiger partial charge is 0.349 e. The first kappa shape index (κ1) is 20.1. The van der Waals surface area contributed by atoms with Crippen molar-refractivity contribution in [3.8, 4) is 0 Å². The summed E-state index contributed by atoms with van der Waals surface area (Å²) in [5.74, 6) is -0.0927. The summed E-state index contributed by atoms with van der Waals surface area (Å²) < 4.78 is 24.8. The van der Waals surface area contributed by atoms with Gasteiger partial charge in [0.2, 0.25) is 10.0 Å². The van der Waals surface area contributed by atoms with E-state index in [1.54, 1.807) is 0 Å². The molecular formula is C22H27N3O3S. The van der Waals surface area contributed by atoms with Crippen LogP contribution in [0.25, 0.3) is 16.3 Å². The molecule has 0 radical (unpaired) electrons. The topological polar surface area (TPSA) is 78.5 Å². The van der Waals surface area contributed by atoms with Crippen LogP contribution in [0.15, 0.2) is 42.5 Å². The first-order valence-corrected chi connectivity index (χ1v) is 12.0. The minimum atomic E-state index is -3.16. The molecule has 0 saturated carbocycles. The third-order valence-corrected chi connectivity index (χ3v) is 7.14. The molecule has 0 unspecified atom stereocenters. The summed E-state index contributed by atoms with van der Waals surface area (Å²) in [6, 6.07) is 12.0. The Balaban J connectivity index is 1.55. The van der Waals surface area contributed by atoms with Crippen molar-refractivity contribution in [1.29, 1.82) is 0 Å². The van der Waals surface area contributed by atoms with Crippen molar-refractivity contribution in [3.05, 3.63) is 53.6 Å². The van der Waals surface area contributed by atoms with E-state index in [1.807, 2.05) is 24.3 Å². The van der Waals surface area contributed by atoms with Crippen LogP contribution in [0.4, 0.5) is 0 Å². The fraction of sp³-hybridized carbons (Fsp3) is 0.409. The van der Waals surface area contributed by atoms with Gasteiger partial charge in [-0.05, 0) is 53.8 Å². The number of piperidine rings is 1. The summed E-state index contributed by atoms with van der Waals surface area (Å²) in [7, 11) is -3.16. The van der Waals surface area contributed by atoms with Crippen molar-refractivity contribution in [2.45, 2.75) is 25.3 Å². The summed E-state index contributed by atoms with van der Waals surface area (Å²) in [5.41, 5.74) is 3.18. The Morgan fingerprint density at radius 3 is 2.48 bits per heavy atom. The third-order valence-electron chi connectivity index (χ3n) is 5.84. The zero-order valence-electron chi connectivity index (χ0n) is 16.6. The maximum absolute atomic E-state index is 13.0. The van der Waals surface area contributed by atoms with E-state index in [1.165, 1.54) is 21.7 Å². The number of rotatable bonds is 4. The first-order chi connectivity index (χ1) is 13.9. The average molecular weight is 414 g/mol. The lowest BCUT2D eigenvalue weighted by molar-refractivity contribution is 0.0925. The highest BCUT2D eigenvalue weighted by Crippen LogP contribution is 2.30. The number of nitrogens with one attached hydrogen (secondary N) is 2. The average Bonchev–Trinajstić information content (AvgIpc) is 2.73. The van der Waals surface area contributed by atoms with Crippen molar-refractivity contribution >= 4 is 32.3 Å². The molecule has 2 aromatic rings. The molecule has 1 saturated heterocycles. The van der Waals surface area contributed by atoms with E-state index in [9.17, 15) is 13.2 Å². The number of carbonyl (C=O) groups is 1. The molecule has 0 aromatic heterocycles. The van der Waals surface area contributed by atoms with Crippen LogP contribution in [0.1, 0.15) is 35.2 Å². The van der Waals surface area contributed by atoms with Crippen molar-refractivity contribution in [2.24, 2.45) is 0 Å². The predicted octanol–water partition coefficient (Wildman–Crippen LogP) is 2.37. The molecule has 0 atom stereocenters. The molecule has 0 spiro atoms. The Kier molecular flexibility index (Phi) is 5.72. The molecule has 29 heavy (non-hydrogen) atoms. The molecule has 2 aliphatic heterocycles. The lowest BCUT2D eigenvalue weighted by atomic mass is 9.92. The molecule has 1 amide bonds. The molecule has 6 nitrogen and oxygen atoms in total. The SMILES string of the molecule is CS(=O)(=O)N1CCC(NC(=O)c2ccc(C3=CCNCC3)c3ccccc23)CC1. The first-order valence-electron chi connectivity index (χ1n) is 10.1. The number of amides is 1. The van der Waals surface area contributed by atoms with Gasteiger partial charge in [0, 0.05) is 31.2 Å². The van der Waals surface area contributed by atoms with E-state index in [2.05, 4.69) is 28.8 Å². The molecule has 2 N–H and O–H groups in total. The van der Waals surface area contributed by atoms with Gasteiger partial charge in [-0.25, -0.2) is 12.7 Å². The highest BCUT2D eigenvalue weighted by Gasteiger charge is 2.26. The maximum atomic E-state index is 13.0. The normalized spacial score (nSPS) is 19.1. The molecular weight excluding hydrogens is 386 g/mol. The fourth-order valence-electron chi connectivity index (χ4n) is 4.24. The van der Waals surface area contributed by atoms with Gasteiger partial charge in [0.25, 0.3) is 5.91 Å². The van der Waals surface area contributed by atoms with Gasteiger partial charge < -0.3 is 10.6 Å². The molecule has 7 heteroatoms.